The zero-order valence-corrected chi connectivity index (χ0v) is 20.4. The molecular weight excluding hydrogens is 487 g/mol. The Morgan fingerprint density at radius 1 is 0.629 bits per heavy atom. The molecule has 0 amide bonds. The van der Waals surface area contributed by atoms with E-state index in [-0.39, 0.29) is 0 Å². The third kappa shape index (κ3) is 5.86. The van der Waals surface area contributed by atoms with E-state index >= 15 is 0 Å². The van der Waals surface area contributed by atoms with Gasteiger partial charge in [0, 0.05) is 5.54 Å². The summed E-state index contributed by atoms with van der Waals surface area (Å²) >= 11 is 5.73. The van der Waals surface area contributed by atoms with Crippen LogP contribution in [0.5, 0.6) is 0 Å². The van der Waals surface area contributed by atoms with Crippen LogP contribution < -0.4 is 0 Å². The molecule has 2 nitrogen and oxygen atoms in total. The zero-order valence-electron chi connectivity index (χ0n) is 19.7. The standard InChI is InChI=1S/C27H32ClF5O2/c28-14-13-15-1-3-16(4-2-15)17-5-7-18(8-6-17)19-9-11-20(12-10-19)35-27(34)21-22(29)24(31)26(33)25(32)23(21)30/h13-20H,1-12H2. The van der Waals surface area contributed by atoms with Gasteiger partial charge in [0.1, 0.15) is 11.7 Å². The highest BCUT2D eigenvalue weighted by Crippen LogP contribution is 2.45. The molecule has 0 saturated heterocycles. The Bertz CT molecular complexity index is 899. The Morgan fingerprint density at radius 3 is 1.43 bits per heavy atom. The lowest BCUT2D eigenvalue weighted by molar-refractivity contribution is 0.00890. The minimum Gasteiger partial charge on any atom is -0.459 e. The van der Waals surface area contributed by atoms with E-state index in [9.17, 15) is 26.7 Å². The Balaban J connectivity index is 1.23. The molecule has 8 heteroatoms. The lowest BCUT2D eigenvalue weighted by atomic mass is 9.65. The molecule has 194 valence electrons. The van der Waals surface area contributed by atoms with Crippen molar-refractivity contribution in [2.24, 2.45) is 29.6 Å². The largest absolute Gasteiger partial charge is 0.459 e. The Hall–Kier alpha value is -1.63. The molecule has 0 N–H and O–H groups in total. The first-order chi connectivity index (χ1) is 16.8. The van der Waals surface area contributed by atoms with Gasteiger partial charge in [-0.1, -0.05) is 17.7 Å². The number of carbonyl (C=O) groups is 1. The molecule has 4 rings (SSSR count). The van der Waals surface area contributed by atoms with Crippen molar-refractivity contribution in [3.8, 4) is 0 Å². The van der Waals surface area contributed by atoms with E-state index in [4.69, 9.17) is 16.3 Å². The highest BCUT2D eigenvalue weighted by molar-refractivity contribution is 6.25. The Kier molecular flexibility index (Phi) is 8.77. The van der Waals surface area contributed by atoms with E-state index in [1.165, 1.54) is 51.4 Å². The van der Waals surface area contributed by atoms with Crippen molar-refractivity contribution in [1.82, 2.24) is 0 Å². The van der Waals surface area contributed by atoms with Crippen LogP contribution in [0.3, 0.4) is 0 Å². The highest BCUT2D eigenvalue weighted by Gasteiger charge is 2.36. The molecule has 3 aliphatic rings. The summed E-state index contributed by atoms with van der Waals surface area (Å²) in [5, 5.41) is 0. The average Bonchev–Trinajstić information content (AvgIpc) is 2.88. The van der Waals surface area contributed by atoms with Gasteiger partial charge in [0.15, 0.2) is 23.3 Å². The van der Waals surface area contributed by atoms with Crippen LogP contribution in [0.1, 0.15) is 87.4 Å². The number of benzene rings is 1. The first kappa shape index (κ1) is 26.4. The molecule has 0 bridgehead atoms. The van der Waals surface area contributed by atoms with Crippen molar-refractivity contribution in [2.45, 2.75) is 83.2 Å². The topological polar surface area (TPSA) is 26.3 Å². The first-order valence-corrected chi connectivity index (χ1v) is 13.2. The fourth-order valence-electron chi connectivity index (χ4n) is 6.67. The van der Waals surface area contributed by atoms with Crippen molar-refractivity contribution in [2.75, 3.05) is 0 Å². The van der Waals surface area contributed by atoms with Crippen molar-refractivity contribution >= 4 is 17.6 Å². The summed E-state index contributed by atoms with van der Waals surface area (Å²) in [5.74, 6) is -9.00. The van der Waals surface area contributed by atoms with Gasteiger partial charge in [0.25, 0.3) is 0 Å². The summed E-state index contributed by atoms with van der Waals surface area (Å²) in [6, 6.07) is 0. The number of hydrogen-bond acceptors (Lipinski definition) is 2. The molecule has 0 atom stereocenters. The van der Waals surface area contributed by atoms with E-state index in [0.29, 0.717) is 30.6 Å². The molecular formula is C27H32ClF5O2. The third-order valence-corrected chi connectivity index (χ3v) is 8.86. The molecule has 35 heavy (non-hydrogen) atoms. The van der Waals surface area contributed by atoms with Crippen LogP contribution in [-0.4, -0.2) is 12.1 Å². The van der Waals surface area contributed by atoms with Gasteiger partial charge in [0.2, 0.25) is 5.82 Å². The van der Waals surface area contributed by atoms with Crippen molar-refractivity contribution < 1.29 is 31.5 Å². The van der Waals surface area contributed by atoms with E-state index in [1.807, 2.05) is 0 Å². The van der Waals surface area contributed by atoms with Crippen molar-refractivity contribution in [3.05, 3.63) is 46.3 Å². The Labute approximate surface area is 208 Å². The summed E-state index contributed by atoms with van der Waals surface area (Å²) in [7, 11) is 0. The smallest absolute Gasteiger partial charge is 0.344 e. The third-order valence-electron chi connectivity index (χ3n) is 8.72. The van der Waals surface area contributed by atoms with Gasteiger partial charge in [-0.25, -0.2) is 26.7 Å². The monoisotopic (exact) mass is 518 g/mol. The lowest BCUT2D eigenvalue weighted by Crippen LogP contribution is -2.32. The summed E-state index contributed by atoms with van der Waals surface area (Å²) in [5.41, 5.74) is 0.125. The molecule has 3 fully saturated rings. The fraction of sp³-hybridized carbons (Fsp3) is 0.667. The summed E-state index contributed by atoms with van der Waals surface area (Å²) in [6.45, 7) is 0. The molecule has 0 aromatic heterocycles. The summed E-state index contributed by atoms with van der Waals surface area (Å²) in [4.78, 5) is 12.2. The first-order valence-electron chi connectivity index (χ1n) is 12.8. The fourth-order valence-corrected chi connectivity index (χ4v) is 6.88. The zero-order chi connectivity index (χ0) is 25.1. The molecule has 0 aliphatic heterocycles. The molecule has 3 aliphatic carbocycles. The predicted octanol–water partition coefficient (Wildman–Crippen LogP) is 8.46. The normalized spacial score (nSPS) is 32.1. The van der Waals surface area contributed by atoms with Crippen LogP contribution in [0.15, 0.2) is 11.6 Å². The van der Waals surface area contributed by atoms with Crippen LogP contribution in [0.25, 0.3) is 0 Å². The molecule has 0 heterocycles. The number of halogens is 6. The van der Waals surface area contributed by atoms with Gasteiger partial charge in [-0.05, 0) is 107 Å². The maximum atomic E-state index is 13.9. The van der Waals surface area contributed by atoms with Gasteiger partial charge in [-0.2, -0.15) is 0 Å². The van der Waals surface area contributed by atoms with E-state index in [1.54, 1.807) is 5.54 Å². The van der Waals surface area contributed by atoms with Gasteiger partial charge in [-0.15, -0.1) is 0 Å². The quantitative estimate of drug-likeness (QED) is 0.169. The van der Waals surface area contributed by atoms with Crippen LogP contribution in [-0.2, 0) is 4.74 Å². The van der Waals surface area contributed by atoms with E-state index in [2.05, 4.69) is 6.08 Å². The molecule has 0 radical (unpaired) electrons. The molecule has 3 saturated carbocycles. The van der Waals surface area contributed by atoms with Crippen LogP contribution >= 0.6 is 11.6 Å². The summed E-state index contributed by atoms with van der Waals surface area (Å²) in [6.07, 6.45) is 14.2. The van der Waals surface area contributed by atoms with Crippen LogP contribution in [0, 0.1) is 58.7 Å². The van der Waals surface area contributed by atoms with Crippen molar-refractivity contribution in [3.63, 3.8) is 0 Å². The van der Waals surface area contributed by atoms with Crippen LogP contribution in [0.4, 0.5) is 22.0 Å². The van der Waals surface area contributed by atoms with Gasteiger partial charge in [-0.3, -0.25) is 0 Å². The second-order valence-corrected chi connectivity index (χ2v) is 10.8. The molecule has 0 spiro atoms. The lowest BCUT2D eigenvalue weighted by Gasteiger charge is -2.41. The number of esters is 1. The van der Waals surface area contributed by atoms with Gasteiger partial charge in [0.05, 0.1) is 0 Å². The maximum absolute atomic E-state index is 13.9. The second-order valence-electron chi connectivity index (χ2n) is 10.6. The number of ether oxygens (including phenoxy) is 1. The maximum Gasteiger partial charge on any atom is 0.344 e. The minimum absolute atomic E-state index is 0.518. The van der Waals surface area contributed by atoms with Crippen molar-refractivity contribution in [1.29, 1.82) is 0 Å². The molecule has 0 unspecified atom stereocenters. The van der Waals surface area contributed by atoms with E-state index < -0.39 is 46.7 Å². The van der Waals surface area contributed by atoms with Crippen LogP contribution in [0.2, 0.25) is 0 Å². The SMILES string of the molecule is O=C(OC1CCC(C2CCC(C3CCC(C=CCl)CC3)CC2)CC1)c1c(F)c(F)c(F)c(F)c1F. The molecule has 1 aromatic rings. The summed E-state index contributed by atoms with van der Waals surface area (Å²) < 4.78 is 73.0. The van der Waals surface area contributed by atoms with Gasteiger partial charge >= 0.3 is 5.97 Å². The predicted molar refractivity (Wildman–Crippen MR) is 123 cm³/mol. The average molecular weight is 519 g/mol. The minimum atomic E-state index is -2.29. The second kappa shape index (κ2) is 11.6. The Morgan fingerprint density at radius 2 is 1.00 bits per heavy atom. The van der Waals surface area contributed by atoms with E-state index in [0.717, 1.165) is 24.7 Å². The highest BCUT2D eigenvalue weighted by atomic mass is 35.5. The number of hydrogen-bond donors (Lipinski definition) is 0. The number of rotatable bonds is 5. The van der Waals surface area contributed by atoms with Gasteiger partial charge < -0.3 is 4.74 Å². The number of carbonyl (C=O) groups excluding carboxylic acids is 1. The number of allylic oxidation sites excluding steroid dienone is 1. The molecule has 1 aromatic carbocycles.